The van der Waals surface area contributed by atoms with Crippen molar-refractivity contribution in [2.45, 2.75) is 72.3 Å². The van der Waals surface area contributed by atoms with Gasteiger partial charge in [0.2, 0.25) is 0 Å². The van der Waals surface area contributed by atoms with Crippen LogP contribution in [0.25, 0.3) is 0 Å². The number of rotatable bonds is 2. The van der Waals surface area contributed by atoms with Crippen LogP contribution in [0.3, 0.4) is 0 Å². The van der Waals surface area contributed by atoms with Gasteiger partial charge in [0.15, 0.2) is 0 Å². The first kappa shape index (κ1) is 15.3. The van der Waals surface area contributed by atoms with Gasteiger partial charge in [0.05, 0.1) is 0 Å². The average Bonchev–Trinajstić information content (AvgIpc) is 2.30. The standard InChI is InChI=1S/C17H34N2/c1-14-12-16(4,5)6-7-17(14,13-18)19-10-8-15(2,3)9-11-19/h14H,6-13,18H2,1-5H3. The zero-order chi connectivity index (χ0) is 14.3. The number of piperidine rings is 1. The number of nitrogens with two attached hydrogens (primary N) is 1. The Kier molecular flexibility index (Phi) is 4.06. The molecular weight excluding hydrogens is 232 g/mol. The Morgan fingerprint density at radius 3 is 2.00 bits per heavy atom. The van der Waals surface area contributed by atoms with E-state index < -0.39 is 0 Å². The van der Waals surface area contributed by atoms with Crippen molar-refractivity contribution in [1.29, 1.82) is 0 Å². The average molecular weight is 266 g/mol. The number of hydrogen-bond donors (Lipinski definition) is 1. The quantitative estimate of drug-likeness (QED) is 0.826. The Morgan fingerprint density at radius 1 is 0.947 bits per heavy atom. The first-order chi connectivity index (χ1) is 8.71. The molecule has 0 aromatic carbocycles. The largest absolute Gasteiger partial charge is 0.329 e. The number of hydrogen-bond acceptors (Lipinski definition) is 2. The SMILES string of the molecule is CC1CC(C)(C)CCC1(CN)N1CCC(C)(C)CC1. The molecule has 2 rings (SSSR count). The molecule has 2 heteroatoms. The summed E-state index contributed by atoms with van der Waals surface area (Å²) in [7, 11) is 0. The molecule has 19 heavy (non-hydrogen) atoms. The highest BCUT2D eigenvalue weighted by Crippen LogP contribution is 2.47. The van der Waals surface area contributed by atoms with Crippen LogP contribution in [0.2, 0.25) is 0 Å². The van der Waals surface area contributed by atoms with E-state index in [0.717, 1.165) is 12.5 Å². The molecule has 2 N–H and O–H groups in total. The predicted octanol–water partition coefficient (Wildman–Crippen LogP) is 3.65. The van der Waals surface area contributed by atoms with Crippen molar-refractivity contribution in [3.05, 3.63) is 0 Å². The van der Waals surface area contributed by atoms with E-state index in [-0.39, 0.29) is 5.54 Å². The van der Waals surface area contributed by atoms with E-state index in [4.69, 9.17) is 5.73 Å². The van der Waals surface area contributed by atoms with Gasteiger partial charge in [0.1, 0.15) is 0 Å². The molecule has 0 aromatic rings. The third-order valence-corrected chi connectivity index (χ3v) is 6.11. The van der Waals surface area contributed by atoms with Gasteiger partial charge in [-0.2, -0.15) is 0 Å². The lowest BCUT2D eigenvalue weighted by Crippen LogP contribution is -2.63. The van der Waals surface area contributed by atoms with E-state index in [1.807, 2.05) is 0 Å². The molecule has 0 spiro atoms. The second-order valence-corrected chi connectivity index (χ2v) is 8.73. The molecule has 1 heterocycles. The molecule has 2 unspecified atom stereocenters. The maximum Gasteiger partial charge on any atom is 0.0357 e. The maximum absolute atomic E-state index is 6.27. The molecule has 112 valence electrons. The van der Waals surface area contributed by atoms with Gasteiger partial charge in [0, 0.05) is 12.1 Å². The summed E-state index contributed by atoms with van der Waals surface area (Å²) in [5.41, 5.74) is 7.60. The minimum atomic E-state index is 0.284. The molecule has 1 saturated carbocycles. The van der Waals surface area contributed by atoms with Crippen molar-refractivity contribution >= 4 is 0 Å². The van der Waals surface area contributed by atoms with Gasteiger partial charge in [-0.15, -0.1) is 0 Å². The highest BCUT2D eigenvalue weighted by Gasteiger charge is 2.47. The summed E-state index contributed by atoms with van der Waals surface area (Å²) in [4.78, 5) is 2.75. The molecule has 1 saturated heterocycles. The van der Waals surface area contributed by atoms with E-state index in [2.05, 4.69) is 39.5 Å². The van der Waals surface area contributed by atoms with E-state index in [9.17, 15) is 0 Å². The van der Waals surface area contributed by atoms with E-state index in [1.165, 1.54) is 45.2 Å². The molecule has 0 bridgehead atoms. The summed E-state index contributed by atoms with van der Waals surface area (Å²) < 4.78 is 0. The molecule has 2 nitrogen and oxygen atoms in total. The Labute approximate surface area is 120 Å². The smallest absolute Gasteiger partial charge is 0.0357 e. The molecule has 1 aliphatic carbocycles. The lowest BCUT2D eigenvalue weighted by molar-refractivity contribution is -0.0479. The molecular formula is C17H34N2. The maximum atomic E-state index is 6.27. The molecule has 1 aliphatic heterocycles. The van der Waals surface area contributed by atoms with Gasteiger partial charge in [0.25, 0.3) is 0 Å². The third-order valence-electron chi connectivity index (χ3n) is 6.11. The molecule has 0 radical (unpaired) electrons. The van der Waals surface area contributed by atoms with Crippen molar-refractivity contribution in [2.75, 3.05) is 19.6 Å². The summed E-state index contributed by atoms with van der Waals surface area (Å²) >= 11 is 0. The summed E-state index contributed by atoms with van der Waals surface area (Å²) in [6, 6.07) is 0. The minimum absolute atomic E-state index is 0.284. The fourth-order valence-corrected chi connectivity index (χ4v) is 4.38. The molecule has 0 amide bonds. The summed E-state index contributed by atoms with van der Waals surface area (Å²) in [5.74, 6) is 0.725. The van der Waals surface area contributed by atoms with Crippen LogP contribution in [0.4, 0.5) is 0 Å². The molecule has 2 atom stereocenters. The predicted molar refractivity (Wildman–Crippen MR) is 83.2 cm³/mol. The summed E-state index contributed by atoms with van der Waals surface area (Å²) in [6.45, 7) is 15.4. The Morgan fingerprint density at radius 2 is 1.53 bits per heavy atom. The Balaban J connectivity index is 2.11. The summed E-state index contributed by atoms with van der Waals surface area (Å²) in [5, 5.41) is 0. The van der Waals surface area contributed by atoms with Crippen LogP contribution in [0.5, 0.6) is 0 Å². The van der Waals surface area contributed by atoms with Crippen LogP contribution in [-0.4, -0.2) is 30.1 Å². The van der Waals surface area contributed by atoms with Crippen molar-refractivity contribution < 1.29 is 0 Å². The molecule has 2 aliphatic rings. The van der Waals surface area contributed by atoms with Crippen LogP contribution in [0.1, 0.15) is 66.7 Å². The van der Waals surface area contributed by atoms with Gasteiger partial charge < -0.3 is 5.73 Å². The van der Waals surface area contributed by atoms with E-state index in [1.54, 1.807) is 0 Å². The van der Waals surface area contributed by atoms with Crippen molar-refractivity contribution in [3.63, 3.8) is 0 Å². The van der Waals surface area contributed by atoms with Gasteiger partial charge in [-0.1, -0.05) is 34.6 Å². The van der Waals surface area contributed by atoms with Crippen LogP contribution < -0.4 is 5.73 Å². The minimum Gasteiger partial charge on any atom is -0.329 e. The van der Waals surface area contributed by atoms with Gasteiger partial charge in [-0.05, 0) is 61.9 Å². The fourth-order valence-electron chi connectivity index (χ4n) is 4.38. The monoisotopic (exact) mass is 266 g/mol. The molecule has 2 fully saturated rings. The second-order valence-electron chi connectivity index (χ2n) is 8.73. The number of nitrogens with zero attached hydrogens (tertiary/aromatic N) is 1. The zero-order valence-corrected chi connectivity index (χ0v) is 13.8. The normalized spacial score (nSPS) is 39.2. The zero-order valence-electron chi connectivity index (χ0n) is 13.8. The van der Waals surface area contributed by atoms with Crippen LogP contribution in [-0.2, 0) is 0 Å². The highest BCUT2D eigenvalue weighted by molar-refractivity contribution is 5.03. The second kappa shape index (κ2) is 5.04. The first-order valence-corrected chi connectivity index (χ1v) is 8.16. The lowest BCUT2D eigenvalue weighted by atomic mass is 9.62. The van der Waals surface area contributed by atoms with Gasteiger partial charge in [-0.3, -0.25) is 4.90 Å². The first-order valence-electron chi connectivity index (χ1n) is 8.16. The van der Waals surface area contributed by atoms with Crippen LogP contribution in [0.15, 0.2) is 0 Å². The number of likely N-dealkylation sites (tertiary alicyclic amines) is 1. The van der Waals surface area contributed by atoms with E-state index in [0.29, 0.717) is 10.8 Å². The topological polar surface area (TPSA) is 29.3 Å². The van der Waals surface area contributed by atoms with Crippen molar-refractivity contribution in [1.82, 2.24) is 4.90 Å². The van der Waals surface area contributed by atoms with Gasteiger partial charge >= 0.3 is 0 Å². The highest BCUT2D eigenvalue weighted by atomic mass is 15.2. The van der Waals surface area contributed by atoms with E-state index >= 15 is 0 Å². The Bertz CT molecular complexity index is 311. The molecule has 0 aromatic heterocycles. The van der Waals surface area contributed by atoms with Crippen molar-refractivity contribution in [2.24, 2.45) is 22.5 Å². The van der Waals surface area contributed by atoms with Crippen LogP contribution in [0, 0.1) is 16.7 Å². The van der Waals surface area contributed by atoms with Crippen LogP contribution >= 0.6 is 0 Å². The fraction of sp³-hybridized carbons (Fsp3) is 1.00. The third kappa shape index (κ3) is 3.00. The van der Waals surface area contributed by atoms with Crippen molar-refractivity contribution in [3.8, 4) is 0 Å². The lowest BCUT2D eigenvalue weighted by Gasteiger charge is -2.56. The van der Waals surface area contributed by atoms with Gasteiger partial charge in [-0.25, -0.2) is 0 Å². The Hall–Kier alpha value is -0.0800. The summed E-state index contributed by atoms with van der Waals surface area (Å²) in [6.07, 6.45) is 6.59.